The lowest BCUT2D eigenvalue weighted by molar-refractivity contribution is 0.654. The summed E-state index contributed by atoms with van der Waals surface area (Å²) in [6.45, 7) is 4.67. The summed E-state index contributed by atoms with van der Waals surface area (Å²) in [4.78, 5) is 0. The second kappa shape index (κ2) is 2.85. The summed E-state index contributed by atoms with van der Waals surface area (Å²) in [5.74, 6) is 0. The van der Waals surface area contributed by atoms with E-state index in [-0.39, 0.29) is 5.41 Å². The molecule has 0 heterocycles. The van der Waals surface area contributed by atoms with Gasteiger partial charge in [0.15, 0.2) is 0 Å². The van der Waals surface area contributed by atoms with Gasteiger partial charge >= 0.3 is 0 Å². The Balaban J connectivity index is 2.32. The third-order valence-corrected chi connectivity index (χ3v) is 3.72. The van der Waals surface area contributed by atoms with Crippen molar-refractivity contribution in [2.75, 3.05) is 0 Å². The molecule has 0 heteroatoms. The topological polar surface area (TPSA) is 0 Å². The fourth-order valence-corrected chi connectivity index (χ4v) is 2.93. The summed E-state index contributed by atoms with van der Waals surface area (Å²) < 4.78 is 0. The van der Waals surface area contributed by atoms with E-state index in [1.807, 2.05) is 0 Å². The van der Waals surface area contributed by atoms with Gasteiger partial charge in [0.25, 0.3) is 0 Å². The van der Waals surface area contributed by atoms with Crippen LogP contribution in [0.15, 0.2) is 42.0 Å². The van der Waals surface area contributed by atoms with Crippen LogP contribution in [-0.2, 0) is 5.41 Å². The largest absolute Gasteiger partial charge is 0.0795 e. The molecular formula is C15H16. The molecule has 0 nitrogen and oxygen atoms in total. The molecule has 3 rings (SSSR count). The molecule has 0 N–H and O–H groups in total. The first kappa shape index (κ1) is 8.96. The molecule has 0 aromatic heterocycles. The molecule has 2 aliphatic carbocycles. The maximum atomic E-state index is 2.43. The van der Waals surface area contributed by atoms with Crippen molar-refractivity contribution in [1.29, 1.82) is 0 Å². The maximum Gasteiger partial charge on any atom is 0.0155 e. The molecule has 0 atom stereocenters. The minimum Gasteiger partial charge on any atom is -0.0795 e. The highest BCUT2D eigenvalue weighted by atomic mass is 14.4. The van der Waals surface area contributed by atoms with Crippen molar-refractivity contribution in [2.24, 2.45) is 0 Å². The summed E-state index contributed by atoms with van der Waals surface area (Å²) in [6, 6.07) is 8.83. The van der Waals surface area contributed by atoms with E-state index >= 15 is 0 Å². The van der Waals surface area contributed by atoms with Crippen LogP contribution in [0, 0.1) is 0 Å². The summed E-state index contributed by atoms with van der Waals surface area (Å²) in [6.07, 6.45) is 7.23. The van der Waals surface area contributed by atoms with Gasteiger partial charge in [0.05, 0.1) is 0 Å². The first-order valence-corrected chi connectivity index (χ1v) is 5.72. The molecule has 0 spiro atoms. The molecule has 0 saturated heterocycles. The van der Waals surface area contributed by atoms with Gasteiger partial charge in [-0.3, -0.25) is 0 Å². The Morgan fingerprint density at radius 2 is 1.73 bits per heavy atom. The normalized spacial score (nSPS) is 21.5. The van der Waals surface area contributed by atoms with Gasteiger partial charge in [-0.2, -0.15) is 0 Å². The van der Waals surface area contributed by atoms with Crippen molar-refractivity contribution in [1.82, 2.24) is 0 Å². The zero-order valence-corrected chi connectivity index (χ0v) is 9.38. The fourth-order valence-electron chi connectivity index (χ4n) is 2.93. The van der Waals surface area contributed by atoms with Crippen LogP contribution in [0.25, 0.3) is 5.57 Å². The molecule has 0 amide bonds. The van der Waals surface area contributed by atoms with Gasteiger partial charge in [0.2, 0.25) is 0 Å². The van der Waals surface area contributed by atoms with Crippen LogP contribution in [0.5, 0.6) is 0 Å². The predicted molar refractivity (Wildman–Crippen MR) is 64.8 cm³/mol. The van der Waals surface area contributed by atoms with Crippen LogP contribution in [0.2, 0.25) is 0 Å². The van der Waals surface area contributed by atoms with E-state index in [1.165, 1.54) is 35.1 Å². The third kappa shape index (κ3) is 1.08. The zero-order chi connectivity index (χ0) is 10.5. The molecule has 0 saturated carbocycles. The molecule has 1 aromatic carbocycles. The molecule has 0 unspecified atom stereocenters. The number of benzene rings is 1. The number of allylic oxidation sites excluding steroid dienone is 4. The highest BCUT2D eigenvalue weighted by molar-refractivity contribution is 5.90. The minimum atomic E-state index is 0.211. The quantitative estimate of drug-likeness (QED) is 0.586. The van der Waals surface area contributed by atoms with E-state index in [2.05, 4.69) is 50.3 Å². The Bertz CT molecular complexity index is 473. The van der Waals surface area contributed by atoms with Crippen LogP contribution in [0.4, 0.5) is 0 Å². The summed E-state index contributed by atoms with van der Waals surface area (Å²) in [5, 5.41) is 0. The van der Waals surface area contributed by atoms with Crippen molar-refractivity contribution in [3.8, 4) is 0 Å². The van der Waals surface area contributed by atoms with Crippen LogP contribution < -0.4 is 0 Å². The molecule has 1 aromatic rings. The number of rotatable bonds is 0. The zero-order valence-electron chi connectivity index (χ0n) is 9.38. The number of fused-ring (bicyclic) bond motifs is 3. The Labute approximate surface area is 91.3 Å². The van der Waals surface area contributed by atoms with E-state index < -0.39 is 0 Å². The maximum absolute atomic E-state index is 2.43. The van der Waals surface area contributed by atoms with Crippen molar-refractivity contribution in [2.45, 2.75) is 32.1 Å². The van der Waals surface area contributed by atoms with Crippen molar-refractivity contribution in [3.05, 3.63) is 53.1 Å². The summed E-state index contributed by atoms with van der Waals surface area (Å²) in [5.41, 5.74) is 6.18. The van der Waals surface area contributed by atoms with Gasteiger partial charge < -0.3 is 0 Å². The van der Waals surface area contributed by atoms with E-state index in [1.54, 1.807) is 0 Å². The molecule has 76 valence electrons. The van der Waals surface area contributed by atoms with E-state index in [0.717, 1.165) is 0 Å². The Morgan fingerprint density at radius 1 is 1.00 bits per heavy atom. The molecule has 2 aliphatic rings. The Kier molecular flexibility index (Phi) is 1.70. The highest BCUT2D eigenvalue weighted by Crippen LogP contribution is 2.50. The monoisotopic (exact) mass is 196 g/mol. The van der Waals surface area contributed by atoms with Crippen molar-refractivity contribution in [3.63, 3.8) is 0 Å². The van der Waals surface area contributed by atoms with Crippen LogP contribution in [-0.4, -0.2) is 0 Å². The average Bonchev–Trinajstić information content (AvgIpc) is 2.51. The van der Waals surface area contributed by atoms with E-state index in [0.29, 0.717) is 0 Å². The molecule has 0 radical (unpaired) electrons. The Hall–Kier alpha value is -1.30. The Morgan fingerprint density at radius 3 is 2.60 bits per heavy atom. The SMILES string of the molecule is CC1(C)C2=CCCC=C2c2ccccc21. The van der Waals surface area contributed by atoms with Gasteiger partial charge in [-0.15, -0.1) is 0 Å². The van der Waals surface area contributed by atoms with Gasteiger partial charge in [-0.1, -0.05) is 50.3 Å². The average molecular weight is 196 g/mol. The van der Waals surface area contributed by atoms with Gasteiger partial charge in [0, 0.05) is 5.41 Å². The fraction of sp³-hybridized carbons (Fsp3) is 0.333. The standard InChI is InChI=1S/C15H16/c1-15(2)13-9-5-3-7-11(13)12-8-4-6-10-14(12)15/h3,5,7-10H,4,6H2,1-2H3. The van der Waals surface area contributed by atoms with Gasteiger partial charge in [-0.05, 0) is 35.1 Å². The number of hydrogen-bond donors (Lipinski definition) is 0. The second-order valence-corrected chi connectivity index (χ2v) is 4.98. The second-order valence-electron chi connectivity index (χ2n) is 4.98. The van der Waals surface area contributed by atoms with Gasteiger partial charge in [0.1, 0.15) is 0 Å². The van der Waals surface area contributed by atoms with Crippen molar-refractivity contribution >= 4 is 5.57 Å². The lowest BCUT2D eigenvalue weighted by Gasteiger charge is -2.23. The molecule has 0 fully saturated rings. The van der Waals surface area contributed by atoms with Crippen LogP contribution in [0.3, 0.4) is 0 Å². The minimum absolute atomic E-state index is 0.211. The first-order chi connectivity index (χ1) is 7.21. The van der Waals surface area contributed by atoms with E-state index in [9.17, 15) is 0 Å². The lowest BCUT2D eigenvalue weighted by Crippen LogP contribution is -2.15. The summed E-state index contributed by atoms with van der Waals surface area (Å²) >= 11 is 0. The van der Waals surface area contributed by atoms with Gasteiger partial charge in [-0.25, -0.2) is 0 Å². The lowest BCUT2D eigenvalue weighted by atomic mass is 9.80. The molecule has 0 aliphatic heterocycles. The van der Waals surface area contributed by atoms with Crippen LogP contribution in [0.1, 0.15) is 37.8 Å². The molecule has 0 bridgehead atoms. The number of hydrogen-bond acceptors (Lipinski definition) is 0. The molecule has 15 heavy (non-hydrogen) atoms. The third-order valence-electron chi connectivity index (χ3n) is 3.72. The summed E-state index contributed by atoms with van der Waals surface area (Å²) in [7, 11) is 0. The highest BCUT2D eigenvalue weighted by Gasteiger charge is 2.37. The first-order valence-electron chi connectivity index (χ1n) is 5.72. The predicted octanol–water partition coefficient (Wildman–Crippen LogP) is 4.08. The van der Waals surface area contributed by atoms with E-state index in [4.69, 9.17) is 0 Å². The van der Waals surface area contributed by atoms with Crippen molar-refractivity contribution < 1.29 is 0 Å². The van der Waals surface area contributed by atoms with Crippen LogP contribution >= 0.6 is 0 Å². The molecular weight excluding hydrogens is 180 g/mol. The smallest absolute Gasteiger partial charge is 0.0155 e.